The number of nitrogens with zero attached hydrogens (tertiary/aromatic N) is 2. The summed E-state index contributed by atoms with van der Waals surface area (Å²) in [5.41, 5.74) is -0.918. The van der Waals surface area contributed by atoms with Gasteiger partial charge in [0.1, 0.15) is 16.9 Å². The van der Waals surface area contributed by atoms with Crippen molar-refractivity contribution >= 4 is 24.5 Å². The van der Waals surface area contributed by atoms with E-state index in [-0.39, 0.29) is 36.4 Å². The number of halogens is 1. The molecule has 5 N–H and O–H groups in total. The maximum absolute atomic E-state index is 13.8. The smallest absolute Gasteiger partial charge is 0.325 e. The Morgan fingerprint density at radius 3 is 2.38 bits per heavy atom. The van der Waals surface area contributed by atoms with Crippen LogP contribution in [0.3, 0.4) is 0 Å². The molecule has 0 saturated heterocycles. The Hall–Kier alpha value is -3.11. The summed E-state index contributed by atoms with van der Waals surface area (Å²) < 4.78 is 26.4. The standard InChI is InChI=1S/C25H31FN3O7P/c1-3-25(4-2,9-12-37(34,35)36)29-19-14-17(13-16-5-7-18(26)8-6-16)15-28-21(19)22(31)20(24(29)33)23(32)27-10-11-30/h5-8,14-15,30-31H,3-4,9-13H2,1-2H3,(H,27,32)(H2,34,35,36). The number of aliphatic hydroxyl groups excluding tert-OH is 1. The molecule has 0 aliphatic rings. The summed E-state index contributed by atoms with van der Waals surface area (Å²) >= 11 is 0. The molecule has 200 valence electrons. The van der Waals surface area contributed by atoms with Gasteiger partial charge in [0.05, 0.1) is 18.3 Å². The highest BCUT2D eigenvalue weighted by Gasteiger charge is 2.36. The van der Waals surface area contributed by atoms with E-state index in [9.17, 15) is 33.4 Å². The van der Waals surface area contributed by atoms with Crippen molar-refractivity contribution in [3.8, 4) is 5.75 Å². The van der Waals surface area contributed by atoms with Crippen molar-refractivity contribution in [3.05, 3.63) is 69.4 Å². The summed E-state index contributed by atoms with van der Waals surface area (Å²) in [5, 5.41) is 22.4. The molecule has 3 aromatic rings. The predicted molar refractivity (Wildman–Crippen MR) is 136 cm³/mol. The fraction of sp³-hybridized carbons (Fsp3) is 0.400. The monoisotopic (exact) mass is 535 g/mol. The van der Waals surface area contributed by atoms with Gasteiger partial charge in [-0.25, -0.2) is 4.39 Å². The number of nitrogens with one attached hydrogen (secondary N) is 1. The molecule has 0 fully saturated rings. The maximum atomic E-state index is 13.8. The minimum Gasteiger partial charge on any atom is -0.505 e. The Balaban J connectivity index is 2.31. The van der Waals surface area contributed by atoms with Crippen molar-refractivity contribution < 1.29 is 33.7 Å². The molecule has 0 bridgehead atoms. The van der Waals surface area contributed by atoms with Gasteiger partial charge in [-0.3, -0.25) is 23.7 Å². The zero-order valence-electron chi connectivity index (χ0n) is 20.6. The second-order valence-electron chi connectivity index (χ2n) is 8.93. The molecule has 10 nitrogen and oxygen atoms in total. The fourth-order valence-corrected chi connectivity index (χ4v) is 5.25. The molecule has 0 spiro atoms. The van der Waals surface area contributed by atoms with Crippen LogP contribution >= 0.6 is 7.60 Å². The van der Waals surface area contributed by atoms with Crippen molar-refractivity contribution in [2.24, 2.45) is 0 Å². The van der Waals surface area contributed by atoms with Crippen LogP contribution in [0.25, 0.3) is 11.0 Å². The molecule has 1 amide bonds. The van der Waals surface area contributed by atoms with Gasteiger partial charge in [-0.1, -0.05) is 26.0 Å². The van der Waals surface area contributed by atoms with Gasteiger partial charge >= 0.3 is 7.60 Å². The summed E-state index contributed by atoms with van der Waals surface area (Å²) in [6.07, 6.45) is 1.85. The number of aromatic nitrogens is 2. The van der Waals surface area contributed by atoms with Crippen LogP contribution < -0.4 is 10.9 Å². The van der Waals surface area contributed by atoms with E-state index in [1.165, 1.54) is 22.9 Å². The predicted octanol–water partition coefficient (Wildman–Crippen LogP) is 2.64. The average Bonchev–Trinajstić information content (AvgIpc) is 2.85. The number of amides is 1. The summed E-state index contributed by atoms with van der Waals surface area (Å²) in [5.74, 6) is -1.91. The zero-order chi connectivity index (χ0) is 27.4. The number of rotatable bonds is 11. The molecule has 0 radical (unpaired) electrons. The molecule has 2 aromatic heterocycles. The first-order chi connectivity index (χ1) is 17.5. The van der Waals surface area contributed by atoms with Gasteiger partial charge < -0.3 is 25.3 Å². The van der Waals surface area contributed by atoms with Crippen molar-refractivity contribution in [1.29, 1.82) is 0 Å². The second-order valence-corrected chi connectivity index (χ2v) is 10.7. The molecule has 1 aromatic carbocycles. The highest BCUT2D eigenvalue weighted by atomic mass is 31.2. The number of carbonyl (C=O) groups excluding carboxylic acids is 1. The molecule has 0 saturated carbocycles. The molecule has 0 aliphatic carbocycles. The van der Waals surface area contributed by atoms with Gasteiger partial charge in [-0.05, 0) is 55.0 Å². The van der Waals surface area contributed by atoms with Gasteiger partial charge in [0, 0.05) is 18.3 Å². The van der Waals surface area contributed by atoms with E-state index in [1.54, 1.807) is 32.0 Å². The number of pyridine rings is 2. The lowest BCUT2D eigenvalue weighted by atomic mass is 9.88. The first kappa shape index (κ1) is 28.5. The van der Waals surface area contributed by atoms with E-state index in [0.717, 1.165) is 5.56 Å². The lowest BCUT2D eigenvalue weighted by Crippen LogP contribution is -2.44. The van der Waals surface area contributed by atoms with Crippen LogP contribution in [0.1, 0.15) is 54.6 Å². The second kappa shape index (κ2) is 11.5. The van der Waals surface area contributed by atoms with Crippen LogP contribution in [0.15, 0.2) is 41.3 Å². The Kier molecular flexibility index (Phi) is 8.86. The highest BCUT2D eigenvalue weighted by molar-refractivity contribution is 7.51. The third kappa shape index (κ3) is 6.24. The number of fused-ring (bicyclic) bond motifs is 1. The third-order valence-corrected chi connectivity index (χ3v) is 7.45. The van der Waals surface area contributed by atoms with E-state index < -0.39 is 42.1 Å². The number of hydrogen-bond acceptors (Lipinski definition) is 6. The van der Waals surface area contributed by atoms with E-state index in [4.69, 9.17) is 5.11 Å². The van der Waals surface area contributed by atoms with Crippen LogP contribution in [0.5, 0.6) is 5.75 Å². The van der Waals surface area contributed by atoms with E-state index >= 15 is 0 Å². The number of aliphatic hydroxyl groups is 1. The molecule has 0 aliphatic heterocycles. The molecule has 0 unspecified atom stereocenters. The molecule has 12 heteroatoms. The van der Waals surface area contributed by atoms with Gasteiger partial charge in [-0.2, -0.15) is 0 Å². The molecule has 0 atom stereocenters. The topological polar surface area (TPSA) is 162 Å². The molecule has 37 heavy (non-hydrogen) atoms. The molecular weight excluding hydrogens is 504 g/mol. The van der Waals surface area contributed by atoms with E-state index in [1.807, 2.05) is 0 Å². The SMILES string of the molecule is CCC(CC)(CCP(=O)(O)O)n1c(=O)c(C(=O)NCCO)c(O)c2ncc(Cc3ccc(F)cc3)cc21. The first-order valence-corrected chi connectivity index (χ1v) is 13.7. The minimum absolute atomic E-state index is 0.0286. The van der Waals surface area contributed by atoms with Crippen molar-refractivity contribution in [2.75, 3.05) is 19.3 Å². The summed E-state index contributed by atoms with van der Waals surface area (Å²) in [4.78, 5) is 50.1. The summed E-state index contributed by atoms with van der Waals surface area (Å²) in [6, 6.07) is 7.51. The highest BCUT2D eigenvalue weighted by Crippen LogP contribution is 2.42. The van der Waals surface area contributed by atoms with Gasteiger partial charge in [-0.15, -0.1) is 0 Å². The number of aromatic hydroxyl groups is 1. The van der Waals surface area contributed by atoms with Crippen LogP contribution in [-0.2, 0) is 16.5 Å². The maximum Gasteiger partial charge on any atom is 0.325 e. The van der Waals surface area contributed by atoms with Gasteiger partial charge in [0.15, 0.2) is 5.75 Å². The van der Waals surface area contributed by atoms with Crippen LogP contribution in [-0.4, -0.2) is 54.8 Å². The number of carbonyl (C=O) groups is 1. The van der Waals surface area contributed by atoms with Gasteiger partial charge in [0.25, 0.3) is 11.5 Å². The fourth-order valence-electron chi connectivity index (χ4n) is 4.54. The third-order valence-electron chi connectivity index (χ3n) is 6.65. The lowest BCUT2D eigenvalue weighted by molar-refractivity contribution is 0.0938. The van der Waals surface area contributed by atoms with E-state index in [2.05, 4.69) is 10.3 Å². The molecular formula is C25H31FN3O7P. The van der Waals surface area contributed by atoms with Crippen LogP contribution in [0.2, 0.25) is 0 Å². The van der Waals surface area contributed by atoms with Crippen molar-refractivity contribution in [3.63, 3.8) is 0 Å². The van der Waals surface area contributed by atoms with E-state index in [0.29, 0.717) is 24.8 Å². The molecule has 3 rings (SSSR count). The molecule has 2 heterocycles. The van der Waals surface area contributed by atoms with Gasteiger partial charge in [0.2, 0.25) is 0 Å². The van der Waals surface area contributed by atoms with Crippen LogP contribution in [0.4, 0.5) is 4.39 Å². The Labute approximate surface area is 213 Å². The lowest BCUT2D eigenvalue weighted by Gasteiger charge is -2.36. The van der Waals surface area contributed by atoms with Crippen molar-refractivity contribution in [2.45, 2.75) is 45.1 Å². The first-order valence-electron chi connectivity index (χ1n) is 11.9. The largest absolute Gasteiger partial charge is 0.505 e. The Morgan fingerprint density at radius 2 is 1.81 bits per heavy atom. The number of hydrogen-bond donors (Lipinski definition) is 5. The summed E-state index contributed by atoms with van der Waals surface area (Å²) in [7, 11) is -4.42. The van der Waals surface area contributed by atoms with Crippen molar-refractivity contribution in [1.82, 2.24) is 14.9 Å². The summed E-state index contributed by atoms with van der Waals surface area (Å²) in [6.45, 7) is 3.02. The van der Waals surface area contributed by atoms with Crippen LogP contribution in [0, 0.1) is 5.82 Å². The Bertz CT molecular complexity index is 1380. The quantitative estimate of drug-likeness (QED) is 0.234. The average molecular weight is 536 g/mol. The normalized spacial score (nSPS) is 12.2. The zero-order valence-corrected chi connectivity index (χ0v) is 21.5. The minimum atomic E-state index is -4.42. The number of benzene rings is 1. The Morgan fingerprint density at radius 1 is 1.16 bits per heavy atom.